The zero-order valence-electron chi connectivity index (χ0n) is 19.1. The van der Waals surface area contributed by atoms with Gasteiger partial charge in [-0.25, -0.2) is 9.67 Å². The molecule has 0 spiro atoms. The average molecular weight is 462 g/mol. The lowest BCUT2D eigenvalue weighted by Gasteiger charge is -2.30. The highest BCUT2D eigenvalue weighted by Gasteiger charge is 2.23. The van der Waals surface area contributed by atoms with Gasteiger partial charge in [0.15, 0.2) is 4.96 Å². The molecule has 1 fully saturated rings. The second kappa shape index (κ2) is 8.59. The molecule has 0 radical (unpaired) electrons. The van der Waals surface area contributed by atoms with Crippen LogP contribution < -0.4 is 5.56 Å². The summed E-state index contributed by atoms with van der Waals surface area (Å²) in [6, 6.07) is 11.8. The number of fused-ring (bicyclic) bond motifs is 1. The molecular weight excluding hydrogens is 434 g/mol. The molecule has 4 heterocycles. The summed E-state index contributed by atoms with van der Waals surface area (Å²) >= 11 is 1.40. The fourth-order valence-corrected chi connectivity index (χ4v) is 5.40. The fraction of sp³-hybridized carbons (Fsp3) is 0.360. The average Bonchev–Trinajstić information content (AvgIpc) is 3.38. The van der Waals surface area contributed by atoms with E-state index < -0.39 is 0 Å². The molecule has 0 aliphatic carbocycles. The van der Waals surface area contributed by atoms with Crippen LogP contribution in [0.4, 0.5) is 0 Å². The van der Waals surface area contributed by atoms with Gasteiger partial charge in [0.25, 0.3) is 5.56 Å². The van der Waals surface area contributed by atoms with Crippen molar-refractivity contribution in [1.29, 1.82) is 0 Å². The Hall–Kier alpha value is -3.26. The zero-order valence-corrected chi connectivity index (χ0v) is 19.9. The van der Waals surface area contributed by atoms with E-state index in [-0.39, 0.29) is 17.9 Å². The Morgan fingerprint density at radius 3 is 2.61 bits per heavy atom. The molecule has 7 nitrogen and oxygen atoms in total. The summed E-state index contributed by atoms with van der Waals surface area (Å²) in [4.78, 5) is 33.8. The molecule has 1 amide bonds. The van der Waals surface area contributed by atoms with Crippen molar-refractivity contribution in [3.05, 3.63) is 69.2 Å². The number of aromatic nitrogens is 4. The third-order valence-corrected chi connectivity index (χ3v) is 7.31. The number of aryl methyl sites for hydroxylation is 2. The van der Waals surface area contributed by atoms with Gasteiger partial charge in [-0.05, 0) is 50.8 Å². The van der Waals surface area contributed by atoms with Gasteiger partial charge in [0.2, 0.25) is 5.91 Å². The van der Waals surface area contributed by atoms with Crippen LogP contribution in [-0.2, 0) is 11.2 Å². The molecule has 0 atom stereocenters. The lowest BCUT2D eigenvalue weighted by molar-refractivity contribution is -0.131. The Balaban J connectivity index is 1.53. The van der Waals surface area contributed by atoms with Gasteiger partial charge < -0.3 is 4.90 Å². The largest absolute Gasteiger partial charge is 0.342 e. The third kappa shape index (κ3) is 3.99. The van der Waals surface area contributed by atoms with E-state index in [0.29, 0.717) is 33.5 Å². The third-order valence-electron chi connectivity index (χ3n) is 6.43. The second-order valence-corrected chi connectivity index (χ2v) is 9.72. The fourth-order valence-electron chi connectivity index (χ4n) is 4.48. The molecule has 0 N–H and O–H groups in total. The van der Waals surface area contributed by atoms with Crippen molar-refractivity contribution in [2.24, 2.45) is 5.92 Å². The van der Waals surface area contributed by atoms with Crippen LogP contribution in [0.25, 0.3) is 21.9 Å². The van der Waals surface area contributed by atoms with E-state index >= 15 is 0 Å². The maximum atomic E-state index is 13.6. The Morgan fingerprint density at radius 2 is 1.88 bits per heavy atom. The van der Waals surface area contributed by atoms with Gasteiger partial charge in [0, 0.05) is 29.9 Å². The first-order valence-corrected chi connectivity index (χ1v) is 12.2. The monoisotopic (exact) mass is 461 g/mol. The number of carbonyl (C=O) groups is 1. The molecule has 0 bridgehead atoms. The van der Waals surface area contributed by atoms with Gasteiger partial charge in [-0.1, -0.05) is 25.1 Å². The zero-order chi connectivity index (χ0) is 23.1. The summed E-state index contributed by atoms with van der Waals surface area (Å²) in [5.74, 6) is 0.729. The topological polar surface area (TPSA) is 72.5 Å². The van der Waals surface area contributed by atoms with Gasteiger partial charge in [-0.3, -0.25) is 14.0 Å². The van der Waals surface area contributed by atoms with Crippen LogP contribution in [0, 0.1) is 19.8 Å². The lowest BCUT2D eigenvalue weighted by Crippen LogP contribution is -2.39. The van der Waals surface area contributed by atoms with Gasteiger partial charge in [0.1, 0.15) is 5.69 Å². The Labute approximate surface area is 196 Å². The number of thiazole rings is 1. The molecule has 1 aromatic carbocycles. The predicted octanol–water partition coefficient (Wildman–Crippen LogP) is 4.03. The number of carbonyl (C=O) groups excluding carboxylic acids is 1. The summed E-state index contributed by atoms with van der Waals surface area (Å²) < 4.78 is 3.42. The molecule has 1 aliphatic rings. The molecule has 0 unspecified atom stereocenters. The van der Waals surface area contributed by atoms with Crippen LogP contribution in [-0.4, -0.2) is 43.1 Å². The molecule has 0 saturated carbocycles. The van der Waals surface area contributed by atoms with Crippen molar-refractivity contribution in [3.8, 4) is 16.9 Å². The van der Waals surface area contributed by atoms with Crippen molar-refractivity contribution in [1.82, 2.24) is 24.1 Å². The first-order chi connectivity index (χ1) is 15.9. The number of nitrogens with zero attached hydrogens (tertiary/aromatic N) is 5. The number of likely N-dealkylation sites (tertiary alicyclic amines) is 1. The highest BCUT2D eigenvalue weighted by Crippen LogP contribution is 2.24. The van der Waals surface area contributed by atoms with Crippen molar-refractivity contribution < 1.29 is 4.79 Å². The minimum Gasteiger partial charge on any atom is -0.342 e. The van der Waals surface area contributed by atoms with E-state index in [1.807, 2.05) is 65.2 Å². The molecular formula is C25H27N5O2S. The van der Waals surface area contributed by atoms with Crippen LogP contribution in [0.1, 0.15) is 36.8 Å². The van der Waals surface area contributed by atoms with Gasteiger partial charge in [0.05, 0.1) is 23.4 Å². The van der Waals surface area contributed by atoms with Gasteiger partial charge in [-0.15, -0.1) is 11.3 Å². The summed E-state index contributed by atoms with van der Waals surface area (Å²) in [5, 5.41) is 6.61. The van der Waals surface area contributed by atoms with E-state index in [4.69, 9.17) is 5.10 Å². The molecule has 5 rings (SSSR count). The number of hydrogen-bond donors (Lipinski definition) is 0. The molecule has 3 aromatic heterocycles. The van der Waals surface area contributed by atoms with E-state index in [0.717, 1.165) is 37.3 Å². The van der Waals surface area contributed by atoms with E-state index in [9.17, 15) is 9.59 Å². The van der Waals surface area contributed by atoms with Gasteiger partial charge in [-0.2, -0.15) is 5.10 Å². The minimum atomic E-state index is -0.175. The van der Waals surface area contributed by atoms with Crippen LogP contribution in [0.3, 0.4) is 0 Å². The Kier molecular flexibility index (Phi) is 5.62. The smallest absolute Gasteiger partial charge is 0.268 e. The number of rotatable bonds is 4. The normalized spacial score (nSPS) is 14.8. The minimum absolute atomic E-state index is 0.0693. The molecule has 170 valence electrons. The standard InChI is InChI=1S/C25H27N5O2S/c1-16-9-11-28(12-10-16)22(31)14-20-15-33-25-26-18(3)23(24(32)29(20)25)21-13-17(2)30(27-21)19-7-5-4-6-8-19/h4-8,13,15-16H,9-12,14H2,1-3H3. The van der Waals surface area contributed by atoms with Crippen molar-refractivity contribution >= 4 is 22.2 Å². The number of para-hydroxylation sites is 1. The molecule has 8 heteroatoms. The highest BCUT2D eigenvalue weighted by atomic mass is 32.1. The molecule has 33 heavy (non-hydrogen) atoms. The summed E-state index contributed by atoms with van der Waals surface area (Å²) in [5.41, 5.74) is 4.09. The molecule has 4 aromatic rings. The van der Waals surface area contributed by atoms with Crippen molar-refractivity contribution in [2.45, 2.75) is 40.0 Å². The van der Waals surface area contributed by atoms with Crippen LogP contribution in [0.2, 0.25) is 0 Å². The maximum Gasteiger partial charge on any atom is 0.268 e. The second-order valence-electron chi connectivity index (χ2n) is 8.88. The molecule has 1 aliphatic heterocycles. The van der Waals surface area contributed by atoms with E-state index in [1.54, 1.807) is 4.40 Å². The lowest BCUT2D eigenvalue weighted by atomic mass is 9.99. The number of benzene rings is 1. The van der Waals surface area contributed by atoms with Crippen molar-refractivity contribution in [3.63, 3.8) is 0 Å². The maximum absolute atomic E-state index is 13.6. The number of piperidine rings is 1. The Morgan fingerprint density at radius 1 is 1.15 bits per heavy atom. The highest BCUT2D eigenvalue weighted by molar-refractivity contribution is 7.15. The summed E-state index contributed by atoms with van der Waals surface area (Å²) in [6.45, 7) is 7.61. The van der Waals surface area contributed by atoms with Crippen LogP contribution in [0.15, 0.2) is 46.6 Å². The van der Waals surface area contributed by atoms with E-state index in [1.165, 1.54) is 11.3 Å². The molecule has 1 saturated heterocycles. The van der Waals surface area contributed by atoms with Crippen LogP contribution >= 0.6 is 11.3 Å². The quantitative estimate of drug-likeness (QED) is 0.460. The Bertz CT molecular complexity index is 1380. The van der Waals surface area contributed by atoms with Crippen LogP contribution in [0.5, 0.6) is 0 Å². The SMILES string of the molecule is Cc1nc2scc(CC(=O)N3CCC(C)CC3)n2c(=O)c1-c1cc(C)n(-c2ccccc2)n1. The van der Waals surface area contributed by atoms with Crippen molar-refractivity contribution in [2.75, 3.05) is 13.1 Å². The number of amides is 1. The first-order valence-electron chi connectivity index (χ1n) is 11.3. The van der Waals surface area contributed by atoms with E-state index in [2.05, 4.69) is 11.9 Å². The number of hydrogen-bond acceptors (Lipinski definition) is 5. The first kappa shape index (κ1) is 21.6. The summed E-state index contributed by atoms with van der Waals surface area (Å²) in [6.07, 6.45) is 2.27. The summed E-state index contributed by atoms with van der Waals surface area (Å²) in [7, 11) is 0. The predicted molar refractivity (Wildman–Crippen MR) is 130 cm³/mol. The van der Waals surface area contributed by atoms with Gasteiger partial charge >= 0.3 is 0 Å².